The molecule has 0 aromatic heterocycles. The number of carbonyl (C=O) groups excluding carboxylic acids is 1. The van der Waals surface area contributed by atoms with Crippen LogP contribution in [-0.2, 0) is 14.8 Å². The minimum Gasteiger partial charge on any atom is -0.507 e. The second-order valence-electron chi connectivity index (χ2n) is 5.69. The van der Waals surface area contributed by atoms with Gasteiger partial charge in [0.05, 0.1) is 19.6 Å². The lowest BCUT2D eigenvalue weighted by Gasteiger charge is -2.00. The number of amidine groups is 1. The molecule has 0 radical (unpaired) electrons. The van der Waals surface area contributed by atoms with Crippen LogP contribution in [0.4, 0.5) is 11.4 Å². The van der Waals surface area contributed by atoms with Crippen LogP contribution in [0.1, 0.15) is 5.56 Å². The van der Waals surface area contributed by atoms with E-state index in [0.29, 0.717) is 11.8 Å². The molecule has 12 nitrogen and oxygen atoms in total. The maximum Gasteiger partial charge on any atom is 0.284 e. The van der Waals surface area contributed by atoms with Gasteiger partial charge in [-0.05, 0) is 36.0 Å². The number of nitro benzene ring substituents is 2. The Kier molecular flexibility index (Phi) is 5.53. The van der Waals surface area contributed by atoms with Gasteiger partial charge in [0.15, 0.2) is 5.17 Å². The standard InChI is InChI=1S/C16H10N4O8S2/c21-13-6-3-11(20(25)26)7-9(13)8-14-15(22)17-16(29-14)18-30(27,28)12-4-1-10(2-5-12)19(23)24/h1-8,21H,(H,17,18,22). The summed E-state index contributed by atoms with van der Waals surface area (Å²) in [6.45, 7) is 0. The van der Waals surface area contributed by atoms with Crippen LogP contribution in [0.25, 0.3) is 6.08 Å². The van der Waals surface area contributed by atoms with Crippen molar-refractivity contribution in [2.24, 2.45) is 4.40 Å². The Hall–Kier alpha value is -3.78. The molecule has 1 heterocycles. The third kappa shape index (κ3) is 4.44. The molecule has 2 aromatic carbocycles. The predicted octanol–water partition coefficient (Wildman–Crippen LogP) is 2.16. The quantitative estimate of drug-likeness (QED) is 0.391. The molecule has 1 amide bonds. The average molecular weight is 450 g/mol. The summed E-state index contributed by atoms with van der Waals surface area (Å²) >= 11 is 0.648. The predicted molar refractivity (Wildman–Crippen MR) is 106 cm³/mol. The number of aromatic hydroxyl groups is 1. The first-order chi connectivity index (χ1) is 14.1. The van der Waals surface area contributed by atoms with Crippen LogP contribution in [0.5, 0.6) is 5.75 Å². The molecule has 3 rings (SSSR count). The topological polar surface area (TPSA) is 182 Å². The van der Waals surface area contributed by atoms with Crippen LogP contribution >= 0.6 is 11.8 Å². The van der Waals surface area contributed by atoms with Crippen LogP contribution in [0.3, 0.4) is 0 Å². The summed E-state index contributed by atoms with van der Waals surface area (Å²) < 4.78 is 28.2. The van der Waals surface area contributed by atoms with Crippen molar-refractivity contribution in [2.75, 3.05) is 0 Å². The highest BCUT2D eigenvalue weighted by molar-refractivity contribution is 8.19. The molecule has 1 aliphatic rings. The van der Waals surface area contributed by atoms with Gasteiger partial charge in [-0.25, -0.2) is 0 Å². The first-order valence-electron chi connectivity index (χ1n) is 7.84. The van der Waals surface area contributed by atoms with E-state index in [1.807, 2.05) is 0 Å². The summed E-state index contributed by atoms with van der Waals surface area (Å²) in [4.78, 5) is 31.9. The Labute approximate surface area is 172 Å². The zero-order valence-electron chi connectivity index (χ0n) is 14.6. The number of thioether (sulfide) groups is 1. The second kappa shape index (κ2) is 7.92. The van der Waals surface area contributed by atoms with Crippen LogP contribution in [0, 0.1) is 20.2 Å². The molecule has 0 atom stereocenters. The fourth-order valence-electron chi connectivity index (χ4n) is 2.29. The molecule has 1 saturated heterocycles. The number of amides is 1. The van der Waals surface area contributed by atoms with Crippen molar-refractivity contribution in [3.05, 3.63) is 73.2 Å². The lowest BCUT2D eigenvalue weighted by atomic mass is 10.1. The largest absolute Gasteiger partial charge is 0.507 e. The zero-order valence-corrected chi connectivity index (χ0v) is 16.2. The van der Waals surface area contributed by atoms with Crippen molar-refractivity contribution in [1.82, 2.24) is 5.32 Å². The van der Waals surface area contributed by atoms with Crippen molar-refractivity contribution in [2.45, 2.75) is 4.90 Å². The number of nitrogens with one attached hydrogen (secondary N) is 1. The van der Waals surface area contributed by atoms with Crippen LogP contribution in [0.2, 0.25) is 0 Å². The van der Waals surface area contributed by atoms with E-state index in [0.717, 1.165) is 48.5 Å². The number of carbonyl (C=O) groups is 1. The fourth-order valence-corrected chi connectivity index (χ4v) is 4.26. The molecule has 0 spiro atoms. The molecule has 14 heteroatoms. The number of rotatable bonds is 5. The SMILES string of the molecule is O=C1N/C(=N\S(=O)(=O)c2ccc([N+](=O)[O-])cc2)SC1=Cc1cc([N+](=O)[O-])ccc1O. The molecular weight excluding hydrogens is 440 g/mol. The molecular formula is C16H10N4O8S2. The Balaban J connectivity index is 1.88. The number of nitro groups is 2. The molecule has 0 bridgehead atoms. The maximum absolute atomic E-state index is 12.4. The second-order valence-corrected chi connectivity index (χ2v) is 8.32. The molecule has 0 unspecified atom stereocenters. The minimum absolute atomic E-state index is 0.0127. The number of benzene rings is 2. The lowest BCUT2D eigenvalue weighted by Crippen LogP contribution is -2.20. The summed E-state index contributed by atoms with van der Waals surface area (Å²) in [6.07, 6.45) is 1.16. The first kappa shape index (κ1) is 20.9. The van der Waals surface area contributed by atoms with Crippen LogP contribution < -0.4 is 5.32 Å². The van der Waals surface area contributed by atoms with Crippen LogP contribution in [-0.4, -0.2) is 34.4 Å². The highest BCUT2D eigenvalue weighted by atomic mass is 32.2. The van der Waals surface area contributed by atoms with Gasteiger partial charge in [0, 0.05) is 29.8 Å². The summed E-state index contributed by atoms with van der Waals surface area (Å²) in [5.41, 5.74) is -0.619. The normalized spacial score (nSPS) is 16.6. The monoisotopic (exact) mass is 450 g/mol. The van der Waals surface area contributed by atoms with Gasteiger partial charge in [-0.15, -0.1) is 4.40 Å². The molecule has 1 fully saturated rings. The smallest absolute Gasteiger partial charge is 0.284 e. The molecule has 154 valence electrons. The van der Waals surface area contributed by atoms with Crippen molar-refractivity contribution >= 4 is 50.3 Å². The minimum atomic E-state index is -4.27. The van der Waals surface area contributed by atoms with E-state index >= 15 is 0 Å². The first-order valence-corrected chi connectivity index (χ1v) is 10.1. The molecule has 30 heavy (non-hydrogen) atoms. The third-order valence-corrected chi connectivity index (χ3v) is 6.02. The molecule has 2 N–H and O–H groups in total. The Bertz CT molecular complexity index is 1240. The van der Waals surface area contributed by atoms with E-state index in [2.05, 4.69) is 9.71 Å². The summed E-state index contributed by atoms with van der Waals surface area (Å²) in [5, 5.41) is 33.3. The number of phenols is 1. The summed E-state index contributed by atoms with van der Waals surface area (Å²) in [5.74, 6) is -1.03. The van der Waals surface area contributed by atoms with Gasteiger partial charge in [0.25, 0.3) is 27.3 Å². The van der Waals surface area contributed by atoms with E-state index in [-0.39, 0.29) is 37.7 Å². The van der Waals surface area contributed by atoms with Gasteiger partial charge in [-0.3, -0.25) is 30.3 Å². The third-order valence-electron chi connectivity index (χ3n) is 3.71. The van der Waals surface area contributed by atoms with Gasteiger partial charge < -0.3 is 5.11 Å². The van der Waals surface area contributed by atoms with Gasteiger partial charge in [-0.1, -0.05) is 0 Å². The molecule has 2 aromatic rings. The number of sulfonamides is 1. The molecule has 0 saturated carbocycles. The van der Waals surface area contributed by atoms with E-state index in [1.165, 1.54) is 0 Å². The number of hydrogen-bond acceptors (Lipinski definition) is 9. The van der Waals surface area contributed by atoms with Gasteiger partial charge >= 0.3 is 0 Å². The van der Waals surface area contributed by atoms with Crippen LogP contribution in [0.15, 0.2) is 56.7 Å². The highest BCUT2D eigenvalue weighted by Gasteiger charge is 2.27. The Morgan fingerprint density at radius 2 is 1.63 bits per heavy atom. The number of phenolic OH excluding ortho intramolecular Hbond substituents is 1. The van der Waals surface area contributed by atoms with Crippen molar-refractivity contribution < 1.29 is 28.2 Å². The number of non-ortho nitro benzene ring substituents is 2. The van der Waals surface area contributed by atoms with Gasteiger partial charge in [0.1, 0.15) is 5.75 Å². The maximum atomic E-state index is 12.4. The molecule has 0 aliphatic carbocycles. The molecule has 1 aliphatic heterocycles. The number of hydrogen-bond donors (Lipinski definition) is 2. The number of nitrogens with zero attached hydrogens (tertiary/aromatic N) is 3. The lowest BCUT2D eigenvalue weighted by molar-refractivity contribution is -0.385. The highest BCUT2D eigenvalue weighted by Crippen LogP contribution is 2.31. The van der Waals surface area contributed by atoms with E-state index in [4.69, 9.17) is 0 Å². The average Bonchev–Trinajstić information content (AvgIpc) is 3.01. The van der Waals surface area contributed by atoms with Gasteiger partial charge in [0.2, 0.25) is 0 Å². The van der Waals surface area contributed by atoms with Crippen molar-refractivity contribution in [3.63, 3.8) is 0 Å². The summed E-state index contributed by atoms with van der Waals surface area (Å²) in [6, 6.07) is 7.26. The summed E-state index contributed by atoms with van der Waals surface area (Å²) in [7, 11) is -4.27. The Morgan fingerprint density at radius 1 is 1.03 bits per heavy atom. The van der Waals surface area contributed by atoms with E-state index in [9.17, 15) is 38.5 Å². The van der Waals surface area contributed by atoms with E-state index < -0.39 is 25.8 Å². The fraction of sp³-hybridized carbons (Fsp3) is 0. The Morgan fingerprint density at radius 3 is 2.23 bits per heavy atom. The van der Waals surface area contributed by atoms with E-state index in [1.54, 1.807) is 0 Å². The van der Waals surface area contributed by atoms with Crippen molar-refractivity contribution in [1.29, 1.82) is 0 Å². The zero-order chi connectivity index (χ0) is 22.1. The van der Waals surface area contributed by atoms with Crippen molar-refractivity contribution in [3.8, 4) is 5.75 Å². The van der Waals surface area contributed by atoms with Gasteiger partial charge in [-0.2, -0.15) is 8.42 Å².